The number of carbonyl (C=O) groups is 1. The van der Waals surface area contributed by atoms with Gasteiger partial charge in [0.15, 0.2) is 6.61 Å². The van der Waals surface area contributed by atoms with E-state index in [9.17, 15) is 4.79 Å². The Hall–Kier alpha value is -3.47. The molecular weight excluding hydrogens is 390 g/mol. The van der Waals surface area contributed by atoms with Crippen LogP contribution in [0.2, 0.25) is 0 Å². The first-order valence-electron chi connectivity index (χ1n) is 10.8. The number of benzene rings is 3. The Morgan fingerprint density at radius 3 is 2.58 bits per heavy atom. The van der Waals surface area contributed by atoms with Crippen molar-refractivity contribution in [3.63, 3.8) is 0 Å². The van der Waals surface area contributed by atoms with E-state index in [0.29, 0.717) is 12.4 Å². The quantitative estimate of drug-likeness (QED) is 0.404. The molecule has 0 bridgehead atoms. The maximum Gasteiger partial charge on any atom is 0.261 e. The van der Waals surface area contributed by atoms with Crippen molar-refractivity contribution >= 4 is 27.8 Å². The van der Waals surface area contributed by atoms with Crippen molar-refractivity contribution in [3.05, 3.63) is 72.3 Å². The van der Waals surface area contributed by atoms with Gasteiger partial charge < -0.3 is 18.8 Å². The predicted molar refractivity (Wildman–Crippen MR) is 121 cm³/mol. The van der Waals surface area contributed by atoms with Crippen molar-refractivity contribution in [2.75, 3.05) is 19.8 Å². The molecule has 1 saturated heterocycles. The summed E-state index contributed by atoms with van der Waals surface area (Å²) in [6.07, 6.45) is 1.96. The van der Waals surface area contributed by atoms with E-state index < -0.39 is 0 Å². The minimum atomic E-state index is 0.00790. The topological polar surface area (TPSA) is 51.9 Å². The molecule has 2 heterocycles. The summed E-state index contributed by atoms with van der Waals surface area (Å²) >= 11 is 0. The Balaban J connectivity index is 1.28. The molecule has 0 N–H and O–H groups in total. The smallest absolute Gasteiger partial charge is 0.261 e. The van der Waals surface area contributed by atoms with Gasteiger partial charge in [0.05, 0.1) is 12.6 Å². The largest absolute Gasteiger partial charge is 0.494 e. The van der Waals surface area contributed by atoms with Crippen LogP contribution >= 0.6 is 0 Å². The number of nitrogens with zero attached hydrogens (tertiary/aromatic N) is 1. The van der Waals surface area contributed by atoms with Gasteiger partial charge in [0.2, 0.25) is 0 Å². The lowest BCUT2D eigenvalue weighted by Crippen LogP contribution is -2.34. The summed E-state index contributed by atoms with van der Waals surface area (Å²) in [6, 6.07) is 21.8. The molecule has 1 aliphatic heterocycles. The fourth-order valence-electron chi connectivity index (χ4n) is 4.39. The molecule has 1 atom stereocenters. The predicted octanol–water partition coefficient (Wildman–Crippen LogP) is 5.73. The van der Waals surface area contributed by atoms with Crippen molar-refractivity contribution in [3.8, 4) is 11.5 Å². The van der Waals surface area contributed by atoms with E-state index in [4.69, 9.17) is 13.9 Å². The first-order valence-corrected chi connectivity index (χ1v) is 10.8. The SMILES string of the molecule is CCOc1ccc(C2CCCN2C(=O)COc2ccc3oc4ccccc4c3c2)cc1. The lowest BCUT2D eigenvalue weighted by atomic mass is 10.0. The molecule has 1 amide bonds. The zero-order valence-electron chi connectivity index (χ0n) is 17.5. The number of likely N-dealkylation sites (tertiary alicyclic amines) is 1. The Morgan fingerprint density at radius 2 is 1.74 bits per heavy atom. The second-order valence-corrected chi connectivity index (χ2v) is 7.79. The van der Waals surface area contributed by atoms with Crippen LogP contribution in [-0.4, -0.2) is 30.6 Å². The summed E-state index contributed by atoms with van der Waals surface area (Å²) in [4.78, 5) is 14.9. The lowest BCUT2D eigenvalue weighted by molar-refractivity contribution is -0.134. The highest BCUT2D eigenvalue weighted by Crippen LogP contribution is 2.34. The average Bonchev–Trinajstić information content (AvgIpc) is 3.43. The van der Waals surface area contributed by atoms with E-state index in [2.05, 4.69) is 12.1 Å². The molecule has 1 aliphatic rings. The molecule has 3 aromatic carbocycles. The van der Waals surface area contributed by atoms with E-state index >= 15 is 0 Å². The number of furan rings is 1. The molecular formula is C26H25NO4. The zero-order valence-corrected chi connectivity index (χ0v) is 17.5. The van der Waals surface area contributed by atoms with Gasteiger partial charge in [-0.2, -0.15) is 0 Å². The van der Waals surface area contributed by atoms with Crippen molar-refractivity contribution in [2.45, 2.75) is 25.8 Å². The van der Waals surface area contributed by atoms with Crippen LogP contribution in [0, 0.1) is 0 Å². The molecule has 1 aromatic heterocycles. The summed E-state index contributed by atoms with van der Waals surface area (Å²) in [7, 11) is 0. The lowest BCUT2D eigenvalue weighted by Gasteiger charge is -2.25. The van der Waals surface area contributed by atoms with Crippen molar-refractivity contribution < 1.29 is 18.7 Å². The summed E-state index contributed by atoms with van der Waals surface area (Å²) in [5, 5.41) is 2.04. The minimum Gasteiger partial charge on any atom is -0.494 e. The van der Waals surface area contributed by atoms with E-state index in [0.717, 1.165) is 52.6 Å². The zero-order chi connectivity index (χ0) is 21.2. The maximum atomic E-state index is 13.0. The number of amides is 1. The second-order valence-electron chi connectivity index (χ2n) is 7.79. The molecule has 4 aromatic rings. The molecule has 5 heteroatoms. The number of hydrogen-bond donors (Lipinski definition) is 0. The van der Waals surface area contributed by atoms with Crippen molar-refractivity contribution in [1.29, 1.82) is 0 Å². The third-order valence-electron chi connectivity index (χ3n) is 5.86. The van der Waals surface area contributed by atoms with Crippen LogP contribution in [-0.2, 0) is 4.79 Å². The van der Waals surface area contributed by atoms with Crippen LogP contribution in [0.15, 0.2) is 71.1 Å². The average molecular weight is 415 g/mol. The third-order valence-corrected chi connectivity index (χ3v) is 5.86. The summed E-state index contributed by atoms with van der Waals surface area (Å²) in [5.41, 5.74) is 2.80. The van der Waals surface area contributed by atoms with E-state index in [1.807, 2.05) is 66.4 Å². The Kier molecular flexibility index (Phi) is 5.24. The summed E-state index contributed by atoms with van der Waals surface area (Å²) in [6.45, 7) is 3.39. The standard InChI is InChI=1S/C26H25NO4/c1-2-29-19-11-9-18(10-12-19)23-7-5-15-27(23)26(28)17-30-20-13-14-25-22(16-20)21-6-3-4-8-24(21)31-25/h3-4,6,8-14,16,23H,2,5,7,15,17H2,1H3. The molecule has 0 saturated carbocycles. The third kappa shape index (κ3) is 3.83. The second kappa shape index (κ2) is 8.34. The van der Waals surface area contributed by atoms with Crippen molar-refractivity contribution in [2.24, 2.45) is 0 Å². The molecule has 5 nitrogen and oxygen atoms in total. The van der Waals surface area contributed by atoms with Crippen LogP contribution in [0.3, 0.4) is 0 Å². The van der Waals surface area contributed by atoms with Crippen LogP contribution in [0.5, 0.6) is 11.5 Å². The fraction of sp³-hybridized carbons (Fsp3) is 0.269. The molecule has 158 valence electrons. The van der Waals surface area contributed by atoms with Crippen LogP contribution in [0.4, 0.5) is 0 Å². The van der Waals surface area contributed by atoms with Gasteiger partial charge in [-0.3, -0.25) is 4.79 Å². The van der Waals surface area contributed by atoms with Crippen LogP contribution in [0.1, 0.15) is 31.4 Å². The van der Waals surface area contributed by atoms with Gasteiger partial charge in [-0.15, -0.1) is 0 Å². The molecule has 1 fully saturated rings. The van der Waals surface area contributed by atoms with Gasteiger partial charge in [0.1, 0.15) is 22.7 Å². The number of fused-ring (bicyclic) bond motifs is 3. The first-order chi connectivity index (χ1) is 15.2. The van der Waals surface area contributed by atoms with Crippen LogP contribution in [0.25, 0.3) is 21.9 Å². The van der Waals surface area contributed by atoms with Crippen molar-refractivity contribution in [1.82, 2.24) is 4.90 Å². The van der Waals surface area contributed by atoms with E-state index in [-0.39, 0.29) is 18.6 Å². The van der Waals surface area contributed by atoms with Gasteiger partial charge in [-0.25, -0.2) is 0 Å². The number of para-hydroxylation sites is 1. The monoisotopic (exact) mass is 415 g/mol. The Morgan fingerprint density at radius 1 is 0.968 bits per heavy atom. The molecule has 0 radical (unpaired) electrons. The highest BCUT2D eigenvalue weighted by Gasteiger charge is 2.30. The first kappa shape index (κ1) is 19.5. The Bertz CT molecular complexity index is 1210. The highest BCUT2D eigenvalue weighted by atomic mass is 16.5. The molecule has 31 heavy (non-hydrogen) atoms. The van der Waals surface area contributed by atoms with Gasteiger partial charge in [-0.05, 0) is 61.7 Å². The van der Waals surface area contributed by atoms with Gasteiger partial charge >= 0.3 is 0 Å². The van der Waals surface area contributed by atoms with Gasteiger partial charge in [-0.1, -0.05) is 30.3 Å². The normalized spacial score (nSPS) is 16.2. The molecule has 1 unspecified atom stereocenters. The fourth-order valence-corrected chi connectivity index (χ4v) is 4.39. The summed E-state index contributed by atoms with van der Waals surface area (Å²) in [5.74, 6) is 1.53. The van der Waals surface area contributed by atoms with Gasteiger partial charge in [0.25, 0.3) is 5.91 Å². The number of hydrogen-bond acceptors (Lipinski definition) is 4. The number of rotatable bonds is 6. The maximum absolute atomic E-state index is 13.0. The number of ether oxygens (including phenoxy) is 2. The van der Waals surface area contributed by atoms with E-state index in [1.54, 1.807) is 0 Å². The van der Waals surface area contributed by atoms with E-state index in [1.165, 1.54) is 0 Å². The summed E-state index contributed by atoms with van der Waals surface area (Å²) < 4.78 is 17.3. The minimum absolute atomic E-state index is 0.00790. The molecule has 5 rings (SSSR count). The number of carbonyl (C=O) groups excluding carboxylic acids is 1. The molecule has 0 aliphatic carbocycles. The van der Waals surface area contributed by atoms with Crippen LogP contribution < -0.4 is 9.47 Å². The highest BCUT2D eigenvalue weighted by molar-refractivity contribution is 6.05. The Labute approximate surface area is 181 Å². The van der Waals surface area contributed by atoms with Gasteiger partial charge in [0, 0.05) is 17.3 Å². The molecule has 0 spiro atoms.